The van der Waals surface area contributed by atoms with Gasteiger partial charge in [0.15, 0.2) is 5.60 Å². The molecule has 0 spiro atoms. The second-order valence-electron chi connectivity index (χ2n) is 4.27. The Kier molecular flexibility index (Phi) is 4.27. The van der Waals surface area contributed by atoms with Crippen molar-refractivity contribution in [2.75, 3.05) is 6.61 Å². The zero-order valence-electron chi connectivity index (χ0n) is 10.9. The molecule has 1 aromatic carbocycles. The molecule has 2 rings (SSSR count). The van der Waals surface area contributed by atoms with E-state index in [2.05, 4.69) is 11.1 Å². The molecule has 0 heterocycles. The number of benzene rings is 1. The summed E-state index contributed by atoms with van der Waals surface area (Å²) in [5.41, 5.74) is 1.09. The minimum absolute atomic E-state index is 0.522. The summed E-state index contributed by atoms with van der Waals surface area (Å²) >= 11 is 0. The van der Waals surface area contributed by atoms with Gasteiger partial charge in [0.25, 0.3) is 0 Å². The van der Waals surface area contributed by atoms with Crippen LogP contribution < -0.4 is 0 Å². The molecule has 0 saturated heterocycles. The predicted molar refractivity (Wildman–Crippen MR) is 75.8 cm³/mol. The van der Waals surface area contributed by atoms with Crippen LogP contribution in [0.2, 0.25) is 0 Å². The summed E-state index contributed by atoms with van der Waals surface area (Å²) in [7, 11) is 0. The number of hydrogen-bond acceptors (Lipinski definition) is 3. The molecule has 0 bridgehead atoms. The third-order valence-electron chi connectivity index (χ3n) is 2.89. The number of rotatable bonds is 4. The number of nitriles is 1. The lowest BCUT2D eigenvalue weighted by molar-refractivity contribution is 0.0436. The van der Waals surface area contributed by atoms with Crippen molar-refractivity contribution in [3.63, 3.8) is 0 Å². The largest absolute Gasteiger partial charge is 0.356 e. The van der Waals surface area contributed by atoms with Crippen molar-refractivity contribution in [2.45, 2.75) is 18.9 Å². The van der Waals surface area contributed by atoms with Crippen LogP contribution in [0.4, 0.5) is 0 Å². The highest BCUT2D eigenvalue weighted by molar-refractivity contribution is 5.80. The summed E-state index contributed by atoms with van der Waals surface area (Å²) in [5, 5.41) is 9.17. The van der Waals surface area contributed by atoms with Gasteiger partial charge in [0.2, 0.25) is 0 Å². The van der Waals surface area contributed by atoms with Crippen LogP contribution in [0.1, 0.15) is 18.9 Å². The van der Waals surface area contributed by atoms with Crippen LogP contribution >= 0.6 is 0 Å². The molecule has 0 saturated carbocycles. The van der Waals surface area contributed by atoms with E-state index < -0.39 is 5.60 Å². The quantitative estimate of drug-likeness (QED) is 0.772. The fourth-order valence-electron chi connectivity index (χ4n) is 1.88. The summed E-state index contributed by atoms with van der Waals surface area (Å²) in [6.45, 7) is 2.41. The highest BCUT2D eigenvalue weighted by atomic mass is 16.5. The molecule has 0 amide bonds. The molecule has 19 heavy (non-hydrogen) atoms. The maximum Gasteiger partial charge on any atom is 0.176 e. The Hall–Kier alpha value is -2.18. The zero-order valence-corrected chi connectivity index (χ0v) is 10.9. The molecular formula is C16H16N2O. The minimum Gasteiger partial charge on any atom is -0.356 e. The average Bonchev–Trinajstić information content (AvgIpc) is 2.48. The van der Waals surface area contributed by atoms with E-state index in [1.54, 1.807) is 6.08 Å². The van der Waals surface area contributed by atoms with Crippen molar-refractivity contribution in [2.24, 2.45) is 4.99 Å². The Bertz CT molecular complexity index is 552. The van der Waals surface area contributed by atoms with E-state index in [0.29, 0.717) is 13.0 Å². The van der Waals surface area contributed by atoms with E-state index in [1.807, 2.05) is 55.6 Å². The minimum atomic E-state index is -0.819. The maximum atomic E-state index is 9.17. The zero-order chi connectivity index (χ0) is 13.6. The lowest BCUT2D eigenvalue weighted by Gasteiger charge is -2.23. The topological polar surface area (TPSA) is 45.4 Å². The molecule has 3 nitrogen and oxygen atoms in total. The summed E-state index contributed by atoms with van der Waals surface area (Å²) in [6, 6.07) is 12.1. The van der Waals surface area contributed by atoms with Crippen molar-refractivity contribution >= 4 is 6.21 Å². The molecule has 0 aliphatic heterocycles. The van der Waals surface area contributed by atoms with E-state index in [4.69, 9.17) is 4.74 Å². The first-order chi connectivity index (χ1) is 9.28. The highest BCUT2D eigenvalue weighted by Crippen LogP contribution is 2.24. The van der Waals surface area contributed by atoms with Gasteiger partial charge < -0.3 is 4.74 Å². The van der Waals surface area contributed by atoms with E-state index in [9.17, 15) is 5.26 Å². The molecular weight excluding hydrogens is 236 g/mol. The fourth-order valence-corrected chi connectivity index (χ4v) is 1.88. The smallest absolute Gasteiger partial charge is 0.176 e. The van der Waals surface area contributed by atoms with Crippen LogP contribution in [0, 0.1) is 11.3 Å². The Labute approximate surface area is 113 Å². The molecule has 0 fully saturated rings. The molecule has 1 aromatic rings. The van der Waals surface area contributed by atoms with Crippen molar-refractivity contribution in [3.8, 4) is 6.07 Å². The first kappa shape index (κ1) is 13.3. The van der Waals surface area contributed by atoms with Crippen LogP contribution in [0.25, 0.3) is 0 Å². The lowest BCUT2D eigenvalue weighted by atomic mass is 9.95. The Morgan fingerprint density at radius 1 is 1.42 bits per heavy atom. The first-order valence-corrected chi connectivity index (χ1v) is 6.32. The summed E-state index contributed by atoms with van der Waals surface area (Å²) < 4.78 is 5.49. The third-order valence-corrected chi connectivity index (χ3v) is 2.89. The summed E-state index contributed by atoms with van der Waals surface area (Å²) in [4.78, 5) is 4.40. The van der Waals surface area contributed by atoms with Gasteiger partial charge in [-0.3, -0.25) is 4.99 Å². The van der Waals surface area contributed by atoms with Gasteiger partial charge in [-0.2, -0.15) is 5.26 Å². The molecule has 1 aliphatic rings. The van der Waals surface area contributed by atoms with Gasteiger partial charge in [0.1, 0.15) is 6.07 Å². The van der Waals surface area contributed by atoms with E-state index >= 15 is 0 Å². The van der Waals surface area contributed by atoms with Crippen molar-refractivity contribution in [1.29, 1.82) is 5.26 Å². The Morgan fingerprint density at radius 3 is 2.79 bits per heavy atom. The van der Waals surface area contributed by atoms with Crippen molar-refractivity contribution in [1.82, 2.24) is 0 Å². The molecule has 0 N–H and O–H groups in total. The number of allylic oxidation sites excluding steroid dienone is 1. The lowest BCUT2D eigenvalue weighted by Crippen LogP contribution is -2.29. The molecule has 1 atom stereocenters. The van der Waals surface area contributed by atoms with Crippen molar-refractivity contribution in [3.05, 3.63) is 59.8 Å². The van der Waals surface area contributed by atoms with Gasteiger partial charge >= 0.3 is 0 Å². The van der Waals surface area contributed by atoms with E-state index in [-0.39, 0.29) is 0 Å². The van der Waals surface area contributed by atoms with Crippen LogP contribution in [0.5, 0.6) is 0 Å². The number of ether oxygens (including phenoxy) is 1. The molecule has 3 heteroatoms. The van der Waals surface area contributed by atoms with Gasteiger partial charge in [-0.1, -0.05) is 36.4 Å². The third kappa shape index (κ3) is 3.40. The summed E-state index contributed by atoms with van der Waals surface area (Å²) in [5.74, 6) is 0. The highest BCUT2D eigenvalue weighted by Gasteiger charge is 2.28. The Balaban J connectivity index is 2.05. The van der Waals surface area contributed by atoms with Gasteiger partial charge in [0, 0.05) is 19.2 Å². The second kappa shape index (κ2) is 6.12. The molecule has 0 radical (unpaired) electrons. The Morgan fingerprint density at radius 2 is 2.21 bits per heavy atom. The summed E-state index contributed by atoms with van der Waals surface area (Å²) in [6.07, 6.45) is 7.90. The number of nitrogens with zero attached hydrogens (tertiary/aromatic N) is 2. The molecule has 1 aliphatic carbocycles. The van der Waals surface area contributed by atoms with Crippen LogP contribution in [-0.4, -0.2) is 18.4 Å². The van der Waals surface area contributed by atoms with E-state index in [0.717, 1.165) is 11.3 Å². The molecule has 0 aromatic heterocycles. The van der Waals surface area contributed by atoms with Gasteiger partial charge in [-0.25, -0.2) is 0 Å². The van der Waals surface area contributed by atoms with Gasteiger partial charge in [-0.15, -0.1) is 0 Å². The average molecular weight is 252 g/mol. The standard InChI is InChI=1S/C16H16N2O/c1-2-19-16(13-17)10-8-15(9-11-16)18-12-14-6-4-3-5-7-14/h3-10,12H,2,11H2,1H3. The number of aliphatic imine (C=N–C) groups is 1. The second-order valence-corrected chi connectivity index (χ2v) is 4.27. The van der Waals surface area contributed by atoms with Crippen LogP contribution in [-0.2, 0) is 4.74 Å². The van der Waals surface area contributed by atoms with Crippen LogP contribution in [0.15, 0.2) is 59.2 Å². The van der Waals surface area contributed by atoms with Crippen LogP contribution in [0.3, 0.4) is 0 Å². The maximum absolute atomic E-state index is 9.17. The fraction of sp³-hybridized carbons (Fsp3) is 0.250. The van der Waals surface area contributed by atoms with Gasteiger partial charge in [-0.05, 0) is 24.6 Å². The number of hydrogen-bond donors (Lipinski definition) is 0. The van der Waals surface area contributed by atoms with E-state index in [1.165, 1.54) is 0 Å². The predicted octanol–water partition coefficient (Wildman–Crippen LogP) is 3.25. The SMILES string of the molecule is CCOC1(C#N)C=CC(N=Cc2ccccc2)=CC1. The molecule has 1 unspecified atom stereocenters. The monoisotopic (exact) mass is 252 g/mol. The molecule has 96 valence electrons. The van der Waals surface area contributed by atoms with Crippen molar-refractivity contribution < 1.29 is 4.74 Å². The first-order valence-electron chi connectivity index (χ1n) is 6.32. The normalized spacial score (nSPS) is 22.2. The van der Waals surface area contributed by atoms with Gasteiger partial charge in [0.05, 0.1) is 5.70 Å².